The van der Waals surface area contributed by atoms with Crippen molar-refractivity contribution in [2.24, 2.45) is 28.6 Å². The molecule has 1 saturated heterocycles. The Kier molecular flexibility index (Phi) is 5.02. The van der Waals surface area contributed by atoms with Crippen molar-refractivity contribution in [3.05, 3.63) is 11.6 Å². The molecule has 1 spiro atoms. The van der Waals surface area contributed by atoms with Gasteiger partial charge in [0.15, 0.2) is 10.9 Å². The second-order valence-electron chi connectivity index (χ2n) is 10.7. The van der Waals surface area contributed by atoms with Crippen LogP contribution in [0.15, 0.2) is 11.6 Å². The Morgan fingerprint density at radius 2 is 1.83 bits per heavy atom. The van der Waals surface area contributed by atoms with Crippen LogP contribution < -0.4 is 0 Å². The number of esters is 1. The normalized spacial score (nSPS) is 47.4. The van der Waals surface area contributed by atoms with Crippen LogP contribution in [0, 0.1) is 28.6 Å². The van der Waals surface area contributed by atoms with Crippen molar-refractivity contribution in [1.29, 1.82) is 0 Å². The van der Waals surface area contributed by atoms with E-state index in [0.717, 1.165) is 44.9 Å². The van der Waals surface area contributed by atoms with Gasteiger partial charge in [-0.05, 0) is 85.0 Å². The maximum atomic E-state index is 12.2. The van der Waals surface area contributed by atoms with Gasteiger partial charge in [0.25, 0.3) is 0 Å². The van der Waals surface area contributed by atoms with Crippen LogP contribution in [0.25, 0.3) is 0 Å². The van der Waals surface area contributed by atoms with Gasteiger partial charge in [-0.3, -0.25) is 14.4 Å². The molecule has 0 aromatic heterocycles. The van der Waals surface area contributed by atoms with Gasteiger partial charge in [-0.1, -0.05) is 30.2 Å². The number of ketones is 1. The lowest BCUT2D eigenvalue weighted by atomic mass is 9.46. The average Bonchev–Trinajstić information content (AvgIpc) is 3.21. The van der Waals surface area contributed by atoms with Crippen molar-refractivity contribution in [2.45, 2.75) is 89.4 Å². The molecule has 4 unspecified atom stereocenters. The maximum Gasteiger partial charge on any atom is 0.306 e. The number of hydrogen-bond donors (Lipinski definition) is 0. The number of ether oxygens (including phenoxy) is 1. The van der Waals surface area contributed by atoms with Crippen molar-refractivity contribution in [1.82, 2.24) is 0 Å². The van der Waals surface area contributed by atoms with E-state index in [4.69, 9.17) is 4.74 Å². The minimum Gasteiger partial charge on any atom is -0.458 e. The fourth-order valence-corrected chi connectivity index (χ4v) is 10.4. The Morgan fingerprint density at radius 3 is 2.53 bits per heavy atom. The SMILES string of the molecule is CC(=O)SSC1CC2=CC(=O)CC[C@]2(C)C2CC[C@@]3(C)C(CC[C@@]34CCC(=O)O4)C12. The van der Waals surface area contributed by atoms with Gasteiger partial charge in [0.05, 0.1) is 0 Å². The van der Waals surface area contributed by atoms with Gasteiger partial charge in [-0.15, -0.1) is 0 Å². The molecule has 0 bridgehead atoms. The Bertz CT molecular complexity index is 837. The molecule has 5 aliphatic rings. The first-order chi connectivity index (χ1) is 14.2. The predicted octanol–water partition coefficient (Wildman–Crippen LogP) is 5.50. The highest BCUT2D eigenvalue weighted by atomic mass is 33.1. The third-order valence-electron chi connectivity index (χ3n) is 9.58. The van der Waals surface area contributed by atoms with Gasteiger partial charge in [0.1, 0.15) is 5.60 Å². The van der Waals surface area contributed by atoms with E-state index in [1.165, 1.54) is 16.4 Å². The third kappa shape index (κ3) is 2.92. The molecule has 4 fully saturated rings. The second kappa shape index (κ2) is 7.13. The number of rotatable bonds is 2. The lowest BCUT2D eigenvalue weighted by molar-refractivity contribution is -0.167. The van der Waals surface area contributed by atoms with Crippen LogP contribution in [-0.2, 0) is 19.1 Å². The summed E-state index contributed by atoms with van der Waals surface area (Å²) in [5.74, 6) is 1.81. The van der Waals surface area contributed by atoms with Crippen molar-refractivity contribution in [3.63, 3.8) is 0 Å². The van der Waals surface area contributed by atoms with Gasteiger partial charge >= 0.3 is 5.97 Å². The molecule has 0 aromatic carbocycles. The summed E-state index contributed by atoms with van der Waals surface area (Å²) in [7, 11) is 3.10. The monoisotopic (exact) mass is 448 g/mol. The van der Waals surface area contributed by atoms with E-state index >= 15 is 0 Å². The van der Waals surface area contributed by atoms with E-state index in [9.17, 15) is 14.4 Å². The van der Waals surface area contributed by atoms with Crippen LogP contribution in [0.1, 0.15) is 78.6 Å². The van der Waals surface area contributed by atoms with Crippen molar-refractivity contribution >= 4 is 38.5 Å². The van der Waals surface area contributed by atoms with Gasteiger partial charge in [0.2, 0.25) is 0 Å². The van der Waals surface area contributed by atoms with E-state index in [-0.39, 0.29) is 33.3 Å². The van der Waals surface area contributed by atoms with Crippen LogP contribution in [0.4, 0.5) is 0 Å². The van der Waals surface area contributed by atoms with Gasteiger partial charge in [-0.25, -0.2) is 0 Å². The molecule has 1 aliphatic heterocycles. The molecule has 0 amide bonds. The van der Waals surface area contributed by atoms with Crippen LogP contribution in [0.2, 0.25) is 0 Å². The molecular formula is C24H32O4S2. The summed E-state index contributed by atoms with van der Waals surface area (Å²) in [6.45, 7) is 6.42. The van der Waals surface area contributed by atoms with Crippen molar-refractivity contribution in [3.8, 4) is 0 Å². The Balaban J connectivity index is 1.53. The molecule has 0 aromatic rings. The first kappa shape index (κ1) is 21.1. The summed E-state index contributed by atoms with van der Waals surface area (Å²) < 4.78 is 6.08. The number of allylic oxidation sites excluding steroid dienone is 1. The third-order valence-corrected chi connectivity index (χ3v) is 12.4. The number of hydrogen-bond acceptors (Lipinski definition) is 6. The van der Waals surface area contributed by atoms with Crippen LogP contribution in [-0.4, -0.2) is 27.7 Å². The summed E-state index contributed by atoms with van der Waals surface area (Å²) in [6, 6.07) is 0. The fraction of sp³-hybridized carbons (Fsp3) is 0.792. The van der Waals surface area contributed by atoms with Gasteiger partial charge in [-0.2, -0.15) is 0 Å². The molecule has 5 rings (SSSR count). The van der Waals surface area contributed by atoms with Crippen molar-refractivity contribution < 1.29 is 19.1 Å². The van der Waals surface area contributed by atoms with Crippen LogP contribution >= 0.6 is 21.6 Å². The molecule has 1 heterocycles. The number of carbonyl (C=O) groups is 3. The zero-order valence-corrected chi connectivity index (χ0v) is 19.8. The predicted molar refractivity (Wildman–Crippen MR) is 120 cm³/mol. The summed E-state index contributed by atoms with van der Waals surface area (Å²) in [4.78, 5) is 36.1. The largest absolute Gasteiger partial charge is 0.458 e. The molecule has 7 atom stereocenters. The quantitative estimate of drug-likeness (QED) is 0.411. The average molecular weight is 449 g/mol. The first-order valence-electron chi connectivity index (χ1n) is 11.5. The molecular weight excluding hydrogens is 416 g/mol. The highest BCUT2D eigenvalue weighted by Crippen LogP contribution is 2.71. The molecule has 30 heavy (non-hydrogen) atoms. The zero-order chi connectivity index (χ0) is 21.3. The summed E-state index contributed by atoms with van der Waals surface area (Å²) in [5.41, 5.74) is 1.18. The van der Waals surface area contributed by atoms with E-state index < -0.39 is 0 Å². The Labute approximate surface area is 187 Å². The van der Waals surface area contributed by atoms with E-state index in [0.29, 0.717) is 35.8 Å². The van der Waals surface area contributed by atoms with Crippen LogP contribution in [0.5, 0.6) is 0 Å². The van der Waals surface area contributed by atoms with E-state index in [1.54, 1.807) is 17.7 Å². The van der Waals surface area contributed by atoms with E-state index in [1.807, 2.05) is 6.08 Å². The fourth-order valence-electron chi connectivity index (χ4n) is 8.02. The summed E-state index contributed by atoms with van der Waals surface area (Å²) in [5, 5.41) is 0.482. The van der Waals surface area contributed by atoms with Gasteiger partial charge in [0, 0.05) is 30.4 Å². The molecule has 0 radical (unpaired) electrons. The number of fused-ring (bicyclic) bond motifs is 6. The highest BCUT2D eigenvalue weighted by Gasteiger charge is 2.68. The topological polar surface area (TPSA) is 60.4 Å². The molecule has 4 aliphatic carbocycles. The molecule has 4 nitrogen and oxygen atoms in total. The van der Waals surface area contributed by atoms with E-state index in [2.05, 4.69) is 13.8 Å². The van der Waals surface area contributed by atoms with Crippen molar-refractivity contribution in [2.75, 3.05) is 0 Å². The lowest BCUT2D eigenvalue weighted by Crippen LogP contribution is -2.57. The maximum absolute atomic E-state index is 12.2. The highest BCUT2D eigenvalue weighted by molar-refractivity contribution is 8.82. The van der Waals surface area contributed by atoms with Crippen LogP contribution in [0.3, 0.4) is 0 Å². The standard InChI is InChI=1S/C24H32O4S2/c1-14(25)29-30-19-13-15-12-16(26)4-8-22(15,2)17-5-9-23(3)18(21(17)19)6-10-24(23)11-7-20(27)28-24/h12,17-19,21H,4-11,13H2,1-3H3/t17?,18?,19?,21?,22-,23-,24+/m0/s1. The molecule has 164 valence electrons. The van der Waals surface area contributed by atoms with Gasteiger partial charge < -0.3 is 4.74 Å². The number of carbonyl (C=O) groups excluding carboxylic acids is 3. The summed E-state index contributed by atoms with van der Waals surface area (Å²) in [6.07, 6.45) is 10.2. The molecule has 3 saturated carbocycles. The molecule has 0 N–H and O–H groups in total. The summed E-state index contributed by atoms with van der Waals surface area (Å²) >= 11 is 0. The minimum atomic E-state index is -0.276. The lowest BCUT2D eigenvalue weighted by Gasteiger charge is -2.61. The Morgan fingerprint density at radius 1 is 1.07 bits per heavy atom. The first-order valence-corrected chi connectivity index (χ1v) is 13.7. The molecule has 6 heteroatoms. The second-order valence-corrected chi connectivity index (χ2v) is 13.3. The smallest absolute Gasteiger partial charge is 0.306 e. The minimum absolute atomic E-state index is 0.0244. The Hall–Kier alpha value is -0.750. The zero-order valence-electron chi connectivity index (χ0n) is 18.2.